The summed E-state index contributed by atoms with van der Waals surface area (Å²) in [7, 11) is 3.05. The molecule has 0 bridgehead atoms. The smallest absolute Gasteiger partial charge is 0.277 e. The van der Waals surface area contributed by atoms with Crippen molar-refractivity contribution in [3.63, 3.8) is 0 Å². The van der Waals surface area contributed by atoms with Gasteiger partial charge in [-0.3, -0.25) is 4.79 Å². The van der Waals surface area contributed by atoms with Gasteiger partial charge in [-0.15, -0.1) is 0 Å². The van der Waals surface area contributed by atoms with E-state index in [0.29, 0.717) is 33.8 Å². The van der Waals surface area contributed by atoms with Crippen molar-refractivity contribution in [2.45, 2.75) is 31.9 Å². The SMILES string of the molecule is COc1cnc(-c2cc(CSn3ncccc3=O)c(C(C)(C)C)cc2Cl)nc1OC. The molecule has 0 unspecified atom stereocenters. The molecule has 0 amide bonds. The second-order valence-corrected chi connectivity index (χ2v) is 8.82. The van der Waals surface area contributed by atoms with Gasteiger partial charge in [-0.2, -0.15) is 14.2 Å². The molecule has 0 spiro atoms. The average molecular weight is 447 g/mol. The molecule has 0 saturated carbocycles. The Morgan fingerprint density at radius 1 is 1.20 bits per heavy atom. The summed E-state index contributed by atoms with van der Waals surface area (Å²) in [6, 6.07) is 7.00. The minimum atomic E-state index is -0.169. The Hall–Kier alpha value is -2.58. The highest BCUT2D eigenvalue weighted by Crippen LogP contribution is 2.37. The number of rotatable bonds is 6. The molecule has 0 fully saturated rings. The molecule has 0 aliphatic carbocycles. The molecule has 0 aliphatic heterocycles. The number of nitrogens with zero attached hydrogens (tertiary/aromatic N) is 4. The minimum Gasteiger partial charge on any atom is -0.490 e. The third kappa shape index (κ3) is 4.76. The van der Waals surface area contributed by atoms with Crippen LogP contribution in [0.2, 0.25) is 5.02 Å². The highest BCUT2D eigenvalue weighted by molar-refractivity contribution is 7.96. The lowest BCUT2D eigenvalue weighted by atomic mass is 9.83. The van der Waals surface area contributed by atoms with Crippen molar-refractivity contribution in [3.05, 3.63) is 63.2 Å². The average Bonchev–Trinajstić information content (AvgIpc) is 2.72. The summed E-state index contributed by atoms with van der Waals surface area (Å²) in [6.45, 7) is 6.35. The summed E-state index contributed by atoms with van der Waals surface area (Å²) in [5.41, 5.74) is 2.45. The van der Waals surface area contributed by atoms with E-state index in [4.69, 9.17) is 21.1 Å². The van der Waals surface area contributed by atoms with Crippen LogP contribution in [0, 0.1) is 0 Å². The van der Waals surface area contributed by atoms with Crippen molar-refractivity contribution >= 4 is 23.5 Å². The summed E-state index contributed by atoms with van der Waals surface area (Å²) in [5.74, 6) is 1.73. The van der Waals surface area contributed by atoms with E-state index in [1.165, 1.54) is 36.3 Å². The predicted octanol–water partition coefficient (Wildman–Crippen LogP) is 4.36. The van der Waals surface area contributed by atoms with Gasteiger partial charge >= 0.3 is 0 Å². The molecular formula is C21H23ClN4O3S. The van der Waals surface area contributed by atoms with Crippen LogP contribution < -0.4 is 15.0 Å². The Bertz CT molecular complexity index is 1110. The third-order valence-electron chi connectivity index (χ3n) is 4.40. The first kappa shape index (κ1) is 22.1. The summed E-state index contributed by atoms with van der Waals surface area (Å²) in [6.07, 6.45) is 3.14. The summed E-state index contributed by atoms with van der Waals surface area (Å²) < 4.78 is 11.9. The van der Waals surface area contributed by atoms with E-state index in [-0.39, 0.29) is 11.0 Å². The van der Waals surface area contributed by atoms with E-state index in [9.17, 15) is 4.79 Å². The maximum absolute atomic E-state index is 12.0. The van der Waals surface area contributed by atoms with Crippen molar-refractivity contribution < 1.29 is 9.47 Å². The molecule has 9 heteroatoms. The van der Waals surface area contributed by atoms with Crippen LogP contribution in [0.25, 0.3) is 11.4 Å². The third-order valence-corrected chi connectivity index (χ3v) is 5.68. The normalized spacial score (nSPS) is 11.4. The van der Waals surface area contributed by atoms with Crippen LogP contribution in [0.5, 0.6) is 11.6 Å². The Balaban J connectivity index is 2.07. The van der Waals surface area contributed by atoms with Gasteiger partial charge in [0.15, 0.2) is 11.6 Å². The number of ether oxygens (including phenoxy) is 2. The van der Waals surface area contributed by atoms with Crippen LogP contribution in [0.15, 0.2) is 41.5 Å². The molecular weight excluding hydrogens is 424 g/mol. The first-order valence-electron chi connectivity index (χ1n) is 9.20. The number of hydrogen-bond acceptors (Lipinski definition) is 7. The number of benzene rings is 1. The van der Waals surface area contributed by atoms with E-state index < -0.39 is 0 Å². The second kappa shape index (κ2) is 9.06. The molecule has 2 aromatic heterocycles. The zero-order chi connectivity index (χ0) is 21.9. The Morgan fingerprint density at radius 2 is 1.97 bits per heavy atom. The van der Waals surface area contributed by atoms with Crippen molar-refractivity contribution in [1.82, 2.24) is 19.2 Å². The van der Waals surface area contributed by atoms with Crippen molar-refractivity contribution in [1.29, 1.82) is 0 Å². The fourth-order valence-corrected chi connectivity index (χ4v) is 4.01. The van der Waals surface area contributed by atoms with Crippen LogP contribution in [-0.2, 0) is 11.2 Å². The van der Waals surface area contributed by atoms with Gasteiger partial charge in [0.1, 0.15) is 0 Å². The molecule has 30 heavy (non-hydrogen) atoms. The van der Waals surface area contributed by atoms with Crippen molar-refractivity contribution in [2.24, 2.45) is 0 Å². The standard InChI is InChI=1S/C21H23ClN4O3S/c1-21(2,3)15-10-16(22)14(19-23-11-17(28-4)20(25-19)29-5)9-13(15)12-30-26-18(27)7-6-8-24-26/h6-11H,12H2,1-5H3. The number of hydrogen-bond donors (Lipinski definition) is 0. The van der Waals surface area contributed by atoms with Gasteiger partial charge in [-0.05, 0) is 46.7 Å². The lowest BCUT2D eigenvalue weighted by molar-refractivity contribution is 0.341. The molecule has 0 N–H and O–H groups in total. The van der Waals surface area contributed by atoms with Gasteiger partial charge < -0.3 is 9.47 Å². The van der Waals surface area contributed by atoms with E-state index >= 15 is 0 Å². The zero-order valence-electron chi connectivity index (χ0n) is 17.5. The number of halogens is 1. The van der Waals surface area contributed by atoms with E-state index in [1.54, 1.807) is 18.5 Å². The van der Waals surface area contributed by atoms with E-state index in [2.05, 4.69) is 35.8 Å². The molecule has 7 nitrogen and oxygen atoms in total. The van der Waals surface area contributed by atoms with Gasteiger partial charge in [-0.1, -0.05) is 32.4 Å². The predicted molar refractivity (Wildman–Crippen MR) is 119 cm³/mol. The quantitative estimate of drug-likeness (QED) is 0.556. The fraction of sp³-hybridized carbons (Fsp3) is 0.333. The van der Waals surface area contributed by atoms with Crippen LogP contribution in [0.4, 0.5) is 0 Å². The molecule has 2 heterocycles. The first-order chi connectivity index (χ1) is 14.2. The van der Waals surface area contributed by atoms with Crippen LogP contribution >= 0.6 is 23.5 Å². The molecule has 1 aromatic carbocycles. The zero-order valence-corrected chi connectivity index (χ0v) is 19.0. The molecule has 158 valence electrons. The molecule has 0 atom stereocenters. The number of methoxy groups -OCH3 is 2. The minimum absolute atomic E-state index is 0.147. The van der Waals surface area contributed by atoms with Gasteiger partial charge in [0.25, 0.3) is 11.4 Å². The summed E-state index contributed by atoms with van der Waals surface area (Å²) in [5, 5.41) is 4.65. The molecule has 0 aliphatic rings. The lowest BCUT2D eigenvalue weighted by Gasteiger charge is -2.24. The van der Waals surface area contributed by atoms with Crippen LogP contribution in [0.1, 0.15) is 31.9 Å². The van der Waals surface area contributed by atoms with E-state index in [0.717, 1.165) is 11.1 Å². The van der Waals surface area contributed by atoms with E-state index in [1.807, 2.05) is 12.1 Å². The highest BCUT2D eigenvalue weighted by atomic mass is 35.5. The van der Waals surface area contributed by atoms with Gasteiger partial charge in [-0.25, -0.2) is 4.98 Å². The first-order valence-corrected chi connectivity index (χ1v) is 10.5. The largest absolute Gasteiger partial charge is 0.490 e. The fourth-order valence-electron chi connectivity index (χ4n) is 2.95. The highest BCUT2D eigenvalue weighted by Gasteiger charge is 2.22. The van der Waals surface area contributed by atoms with Crippen molar-refractivity contribution in [2.75, 3.05) is 14.2 Å². The Kier molecular flexibility index (Phi) is 6.67. The van der Waals surface area contributed by atoms with Gasteiger partial charge in [0.2, 0.25) is 0 Å². The molecule has 0 saturated heterocycles. The van der Waals surface area contributed by atoms with Gasteiger partial charge in [0, 0.05) is 23.6 Å². The maximum Gasteiger partial charge on any atom is 0.277 e. The lowest BCUT2D eigenvalue weighted by Crippen LogP contribution is -2.17. The Morgan fingerprint density at radius 3 is 2.60 bits per heavy atom. The topological polar surface area (TPSA) is 79.1 Å². The Labute approximate surface area is 184 Å². The molecule has 3 rings (SSSR count). The van der Waals surface area contributed by atoms with Gasteiger partial charge in [0.05, 0.1) is 25.4 Å². The number of aromatic nitrogens is 4. The van der Waals surface area contributed by atoms with Crippen LogP contribution in [0.3, 0.4) is 0 Å². The summed E-state index contributed by atoms with van der Waals surface area (Å²) >= 11 is 7.95. The van der Waals surface area contributed by atoms with Crippen molar-refractivity contribution in [3.8, 4) is 23.0 Å². The molecule has 0 radical (unpaired) electrons. The maximum atomic E-state index is 12.0. The monoisotopic (exact) mass is 446 g/mol. The van der Waals surface area contributed by atoms with Crippen LogP contribution in [-0.4, -0.2) is 33.4 Å². The second-order valence-electron chi connectivity index (χ2n) is 7.52. The summed E-state index contributed by atoms with van der Waals surface area (Å²) in [4.78, 5) is 20.8. The molecule has 3 aromatic rings.